The molecule has 5 nitrogen and oxygen atoms in total. The molecule has 0 saturated carbocycles. The number of hydrogen-bond acceptors (Lipinski definition) is 4. The lowest BCUT2D eigenvalue weighted by molar-refractivity contribution is 0.171. The quantitative estimate of drug-likeness (QED) is 0.900. The average Bonchev–Trinajstić information content (AvgIpc) is 2.80. The van der Waals surface area contributed by atoms with E-state index in [-0.39, 0.29) is 17.4 Å². The molecule has 2 aromatic heterocycles. The third-order valence-electron chi connectivity index (χ3n) is 3.32. The summed E-state index contributed by atoms with van der Waals surface area (Å²) in [5, 5.41) is 17.2. The Balaban J connectivity index is 2.32. The summed E-state index contributed by atoms with van der Waals surface area (Å²) in [7, 11) is 0. The van der Waals surface area contributed by atoms with Gasteiger partial charge in [0.1, 0.15) is 5.52 Å². The number of anilines is 1. The molecule has 0 fully saturated rings. The van der Waals surface area contributed by atoms with Gasteiger partial charge >= 0.3 is 0 Å². The minimum absolute atomic E-state index is 0.00760. The molecule has 0 aromatic carbocycles. The molecular formula is C15H24N4O. The third kappa shape index (κ3) is 3.10. The number of fused-ring (bicyclic) bond motifs is 1. The first-order valence-electron chi connectivity index (χ1n) is 6.92. The van der Waals surface area contributed by atoms with Crippen LogP contribution in [0.25, 0.3) is 5.52 Å². The number of nitrogens with one attached hydrogen (secondary N) is 1. The van der Waals surface area contributed by atoms with Gasteiger partial charge in [0.25, 0.3) is 0 Å². The number of nitrogens with zero attached hydrogens (tertiary/aromatic N) is 3. The molecule has 0 aliphatic heterocycles. The molecule has 2 rings (SSSR count). The van der Waals surface area contributed by atoms with Crippen LogP contribution >= 0.6 is 0 Å². The zero-order valence-corrected chi connectivity index (χ0v) is 12.9. The molecule has 0 spiro atoms. The van der Waals surface area contributed by atoms with Gasteiger partial charge < -0.3 is 10.4 Å². The van der Waals surface area contributed by atoms with Crippen molar-refractivity contribution in [2.45, 2.75) is 40.0 Å². The van der Waals surface area contributed by atoms with Crippen molar-refractivity contribution in [3.8, 4) is 0 Å². The molecule has 0 atom stereocenters. The maximum atomic E-state index is 9.32. The summed E-state index contributed by atoms with van der Waals surface area (Å²) < 4.78 is 1.85. The Morgan fingerprint density at radius 3 is 2.55 bits per heavy atom. The van der Waals surface area contributed by atoms with Gasteiger partial charge in [-0.3, -0.25) is 0 Å². The molecule has 0 unspecified atom stereocenters. The minimum Gasteiger partial charge on any atom is -0.396 e. The topological polar surface area (TPSA) is 62.5 Å². The Bertz CT molecular complexity index is 595. The fourth-order valence-electron chi connectivity index (χ4n) is 1.80. The van der Waals surface area contributed by atoms with Gasteiger partial charge in [0.15, 0.2) is 5.82 Å². The van der Waals surface area contributed by atoms with Crippen molar-refractivity contribution in [1.82, 2.24) is 14.6 Å². The normalized spacial score (nSPS) is 12.9. The molecule has 20 heavy (non-hydrogen) atoms. The van der Waals surface area contributed by atoms with Crippen LogP contribution in [-0.4, -0.2) is 32.9 Å². The van der Waals surface area contributed by atoms with E-state index in [1.807, 2.05) is 24.6 Å². The van der Waals surface area contributed by atoms with Crippen molar-refractivity contribution < 1.29 is 5.11 Å². The summed E-state index contributed by atoms with van der Waals surface area (Å²) >= 11 is 0. The highest BCUT2D eigenvalue weighted by atomic mass is 16.3. The van der Waals surface area contributed by atoms with Crippen LogP contribution < -0.4 is 5.32 Å². The Morgan fingerprint density at radius 1 is 1.25 bits per heavy atom. The van der Waals surface area contributed by atoms with Gasteiger partial charge in [-0.1, -0.05) is 34.6 Å². The van der Waals surface area contributed by atoms with Gasteiger partial charge in [0.05, 0.1) is 5.69 Å². The van der Waals surface area contributed by atoms with Crippen molar-refractivity contribution in [2.24, 2.45) is 5.41 Å². The summed E-state index contributed by atoms with van der Waals surface area (Å²) in [6.45, 7) is 11.2. The number of rotatable bonds is 4. The first-order chi connectivity index (χ1) is 9.23. The number of aromatic nitrogens is 3. The van der Waals surface area contributed by atoms with Crippen LogP contribution in [0.2, 0.25) is 0 Å². The summed E-state index contributed by atoms with van der Waals surface area (Å²) in [4.78, 5) is 4.39. The predicted octanol–water partition coefficient (Wildman–Crippen LogP) is 2.46. The smallest absolute Gasteiger partial charge is 0.152 e. The second kappa shape index (κ2) is 5.05. The molecule has 0 aliphatic rings. The van der Waals surface area contributed by atoms with Crippen LogP contribution in [0, 0.1) is 5.41 Å². The summed E-state index contributed by atoms with van der Waals surface area (Å²) in [5.41, 5.74) is 1.83. The molecule has 0 bridgehead atoms. The first-order valence-corrected chi connectivity index (χ1v) is 6.92. The van der Waals surface area contributed by atoms with E-state index in [1.165, 1.54) is 0 Å². The molecule has 110 valence electrons. The van der Waals surface area contributed by atoms with E-state index in [0.29, 0.717) is 6.54 Å². The highest BCUT2D eigenvalue weighted by Gasteiger charge is 2.20. The van der Waals surface area contributed by atoms with Gasteiger partial charge in [-0.2, -0.15) is 5.10 Å². The van der Waals surface area contributed by atoms with E-state index in [4.69, 9.17) is 0 Å². The van der Waals surface area contributed by atoms with Gasteiger partial charge in [0, 0.05) is 36.4 Å². The van der Waals surface area contributed by atoms with Crippen molar-refractivity contribution >= 4 is 11.3 Å². The molecule has 2 aromatic rings. The number of aliphatic hydroxyl groups is 1. The van der Waals surface area contributed by atoms with Gasteiger partial charge in [-0.25, -0.2) is 9.50 Å². The summed E-state index contributed by atoms with van der Waals surface area (Å²) in [6.07, 6.45) is 3.59. The lowest BCUT2D eigenvalue weighted by Gasteiger charge is -2.22. The van der Waals surface area contributed by atoms with E-state index in [0.717, 1.165) is 17.0 Å². The van der Waals surface area contributed by atoms with E-state index < -0.39 is 0 Å². The molecule has 0 saturated heterocycles. The van der Waals surface area contributed by atoms with Crippen molar-refractivity contribution in [3.63, 3.8) is 0 Å². The van der Waals surface area contributed by atoms with Crippen LogP contribution in [0.1, 0.15) is 40.3 Å². The molecule has 0 amide bonds. The van der Waals surface area contributed by atoms with Crippen LogP contribution in [-0.2, 0) is 5.41 Å². The maximum Gasteiger partial charge on any atom is 0.152 e. The van der Waals surface area contributed by atoms with Crippen molar-refractivity contribution in [1.29, 1.82) is 0 Å². The largest absolute Gasteiger partial charge is 0.396 e. The average molecular weight is 276 g/mol. The Labute approximate surface area is 120 Å². The Hall–Kier alpha value is -1.62. The summed E-state index contributed by atoms with van der Waals surface area (Å²) in [5.74, 6) is 0.803. The Morgan fingerprint density at radius 2 is 1.95 bits per heavy atom. The fourth-order valence-corrected chi connectivity index (χ4v) is 1.80. The van der Waals surface area contributed by atoms with Crippen LogP contribution in [0.3, 0.4) is 0 Å². The molecule has 2 heterocycles. The SMILES string of the molecule is CC(C)(CO)CNc1nccn2nc(C(C)(C)C)cc12. The van der Waals surface area contributed by atoms with Gasteiger partial charge in [0.2, 0.25) is 0 Å². The highest BCUT2D eigenvalue weighted by Crippen LogP contribution is 2.25. The fraction of sp³-hybridized carbons (Fsp3) is 0.600. The van der Waals surface area contributed by atoms with Crippen LogP contribution in [0.15, 0.2) is 18.5 Å². The minimum atomic E-state index is -0.179. The molecular weight excluding hydrogens is 252 g/mol. The molecule has 2 N–H and O–H groups in total. The highest BCUT2D eigenvalue weighted by molar-refractivity contribution is 5.68. The van der Waals surface area contributed by atoms with Crippen molar-refractivity contribution in [3.05, 3.63) is 24.2 Å². The van der Waals surface area contributed by atoms with Crippen LogP contribution in [0.4, 0.5) is 5.82 Å². The zero-order chi connectivity index (χ0) is 15.0. The lowest BCUT2D eigenvalue weighted by atomic mass is 9.92. The Kier molecular flexibility index (Phi) is 3.73. The van der Waals surface area contributed by atoms with Crippen molar-refractivity contribution in [2.75, 3.05) is 18.5 Å². The second-order valence-electron chi connectivity index (χ2n) is 7.06. The predicted molar refractivity (Wildman–Crippen MR) is 81.0 cm³/mol. The van der Waals surface area contributed by atoms with E-state index >= 15 is 0 Å². The first kappa shape index (κ1) is 14.8. The maximum absolute atomic E-state index is 9.32. The van der Waals surface area contributed by atoms with E-state index in [2.05, 4.69) is 42.2 Å². The molecule has 5 heteroatoms. The molecule has 0 radical (unpaired) electrons. The third-order valence-corrected chi connectivity index (χ3v) is 3.32. The van der Waals surface area contributed by atoms with E-state index in [1.54, 1.807) is 6.20 Å². The molecule has 0 aliphatic carbocycles. The van der Waals surface area contributed by atoms with E-state index in [9.17, 15) is 5.11 Å². The standard InChI is InChI=1S/C15H24N4O/c1-14(2,3)12-8-11-13(16-6-7-19(11)18-12)17-9-15(4,5)10-20/h6-8,20H,9-10H2,1-5H3,(H,16,17). The number of hydrogen-bond donors (Lipinski definition) is 2. The summed E-state index contributed by atoms with van der Waals surface area (Å²) in [6, 6.07) is 2.07. The number of aliphatic hydroxyl groups excluding tert-OH is 1. The second-order valence-corrected chi connectivity index (χ2v) is 7.06. The van der Waals surface area contributed by atoms with Gasteiger partial charge in [-0.05, 0) is 6.07 Å². The zero-order valence-electron chi connectivity index (χ0n) is 12.9. The monoisotopic (exact) mass is 276 g/mol. The van der Waals surface area contributed by atoms with Gasteiger partial charge in [-0.15, -0.1) is 0 Å². The lowest BCUT2D eigenvalue weighted by Crippen LogP contribution is -2.27. The van der Waals surface area contributed by atoms with Crippen LogP contribution in [0.5, 0.6) is 0 Å².